The lowest BCUT2D eigenvalue weighted by atomic mass is 10.2. The van der Waals surface area contributed by atoms with Crippen LogP contribution in [0.2, 0.25) is 0 Å². The van der Waals surface area contributed by atoms with Gasteiger partial charge in [-0.15, -0.1) is 0 Å². The fourth-order valence-corrected chi connectivity index (χ4v) is 2.71. The summed E-state index contributed by atoms with van der Waals surface area (Å²) in [6, 6.07) is 16.9. The summed E-state index contributed by atoms with van der Waals surface area (Å²) in [5.74, 6) is 0.236. The second-order valence-electron chi connectivity index (χ2n) is 6.85. The maximum absolute atomic E-state index is 12.2. The van der Waals surface area contributed by atoms with Crippen molar-refractivity contribution in [2.75, 3.05) is 27.2 Å². The Bertz CT molecular complexity index is 804. The zero-order valence-electron chi connectivity index (χ0n) is 17.2. The molecule has 0 fully saturated rings. The molecular weight excluding hydrogens is 366 g/mol. The number of carbonyl (C=O) groups excluding carboxylic acids is 2. The van der Waals surface area contributed by atoms with Crippen LogP contribution in [0.4, 0.5) is 0 Å². The summed E-state index contributed by atoms with van der Waals surface area (Å²) in [6.07, 6.45) is 3.11. The number of rotatable bonds is 10. The Hall–Kier alpha value is -3.12. The molecule has 0 aliphatic carbocycles. The molecule has 2 aromatic carbocycles. The summed E-state index contributed by atoms with van der Waals surface area (Å²) in [7, 11) is 3.61. The van der Waals surface area contributed by atoms with E-state index < -0.39 is 6.04 Å². The van der Waals surface area contributed by atoms with Crippen molar-refractivity contribution in [3.8, 4) is 5.75 Å². The minimum atomic E-state index is -0.609. The highest BCUT2D eigenvalue weighted by Gasteiger charge is 2.13. The minimum absolute atomic E-state index is 0.204. The Labute approximate surface area is 172 Å². The Balaban J connectivity index is 1.69. The Morgan fingerprint density at radius 1 is 1.10 bits per heavy atom. The van der Waals surface area contributed by atoms with Gasteiger partial charge in [0.15, 0.2) is 0 Å². The third-order valence-corrected chi connectivity index (χ3v) is 4.38. The highest BCUT2D eigenvalue weighted by Crippen LogP contribution is 2.12. The number of nitrogens with zero attached hydrogens (tertiary/aromatic N) is 1. The molecule has 2 rings (SSSR count). The molecule has 6 heteroatoms. The van der Waals surface area contributed by atoms with Crippen LogP contribution >= 0.6 is 0 Å². The molecule has 154 valence electrons. The van der Waals surface area contributed by atoms with Crippen LogP contribution in [0.15, 0.2) is 60.7 Å². The van der Waals surface area contributed by atoms with Crippen molar-refractivity contribution in [2.45, 2.75) is 19.5 Å². The number of likely N-dealkylation sites (N-methyl/N-ethyl adjacent to an activating group) is 1. The van der Waals surface area contributed by atoms with E-state index in [9.17, 15) is 9.59 Å². The van der Waals surface area contributed by atoms with Crippen LogP contribution in [-0.4, -0.2) is 50.0 Å². The van der Waals surface area contributed by atoms with E-state index in [2.05, 4.69) is 27.7 Å². The largest absolute Gasteiger partial charge is 0.497 e. The Morgan fingerprint density at radius 2 is 1.79 bits per heavy atom. The first kappa shape index (κ1) is 22.2. The van der Waals surface area contributed by atoms with E-state index in [-0.39, 0.29) is 11.8 Å². The van der Waals surface area contributed by atoms with E-state index in [0.29, 0.717) is 6.54 Å². The van der Waals surface area contributed by atoms with E-state index >= 15 is 0 Å². The van der Waals surface area contributed by atoms with Crippen molar-refractivity contribution >= 4 is 17.9 Å². The quantitative estimate of drug-likeness (QED) is 0.607. The normalized spacial score (nSPS) is 12.0. The molecule has 2 aromatic rings. The number of methoxy groups -OCH3 is 1. The van der Waals surface area contributed by atoms with Gasteiger partial charge in [0.05, 0.1) is 7.11 Å². The minimum Gasteiger partial charge on any atom is -0.497 e. The molecule has 29 heavy (non-hydrogen) atoms. The van der Waals surface area contributed by atoms with Gasteiger partial charge in [0.2, 0.25) is 11.8 Å². The molecule has 1 atom stereocenters. The maximum atomic E-state index is 12.2. The summed E-state index contributed by atoms with van der Waals surface area (Å²) in [4.78, 5) is 26.3. The molecule has 6 nitrogen and oxygen atoms in total. The zero-order valence-corrected chi connectivity index (χ0v) is 17.2. The molecule has 0 radical (unpaired) electrons. The number of amides is 2. The van der Waals surface area contributed by atoms with Crippen LogP contribution in [-0.2, 0) is 16.1 Å². The van der Waals surface area contributed by atoms with Crippen LogP contribution in [0.3, 0.4) is 0 Å². The molecule has 0 aliphatic heterocycles. The summed E-state index contributed by atoms with van der Waals surface area (Å²) in [6.45, 7) is 3.73. The number of carbonyl (C=O) groups is 2. The van der Waals surface area contributed by atoms with E-state index in [1.807, 2.05) is 49.5 Å². The van der Waals surface area contributed by atoms with Crippen LogP contribution < -0.4 is 15.4 Å². The molecule has 0 spiro atoms. The van der Waals surface area contributed by atoms with Crippen molar-refractivity contribution in [1.82, 2.24) is 15.5 Å². The first-order valence-electron chi connectivity index (χ1n) is 9.60. The van der Waals surface area contributed by atoms with Gasteiger partial charge in [-0.3, -0.25) is 9.59 Å². The van der Waals surface area contributed by atoms with Gasteiger partial charge in [-0.25, -0.2) is 0 Å². The van der Waals surface area contributed by atoms with Crippen LogP contribution in [0.5, 0.6) is 5.75 Å². The molecule has 2 amide bonds. The SMILES string of the molecule is COc1ccc(/C=C/C(=O)NC(C)C(=O)NCCN(C)Cc2ccccc2)cc1. The van der Waals surface area contributed by atoms with Gasteiger partial charge in [0, 0.05) is 25.7 Å². The van der Waals surface area contributed by atoms with Crippen LogP contribution in [0.1, 0.15) is 18.1 Å². The summed E-state index contributed by atoms with van der Waals surface area (Å²) in [5, 5.41) is 5.53. The smallest absolute Gasteiger partial charge is 0.244 e. The third kappa shape index (κ3) is 8.19. The van der Waals surface area contributed by atoms with Crippen LogP contribution in [0.25, 0.3) is 6.08 Å². The van der Waals surface area contributed by atoms with Crippen LogP contribution in [0, 0.1) is 0 Å². The molecular formula is C23H29N3O3. The highest BCUT2D eigenvalue weighted by atomic mass is 16.5. The van der Waals surface area contributed by atoms with Gasteiger partial charge in [-0.1, -0.05) is 42.5 Å². The number of hydrogen-bond acceptors (Lipinski definition) is 4. The highest BCUT2D eigenvalue weighted by molar-refractivity contribution is 5.95. The van der Waals surface area contributed by atoms with Crippen molar-refractivity contribution in [1.29, 1.82) is 0 Å². The van der Waals surface area contributed by atoms with E-state index in [1.165, 1.54) is 11.6 Å². The lowest BCUT2D eigenvalue weighted by Gasteiger charge is -2.18. The molecule has 0 aliphatic rings. The number of nitrogens with one attached hydrogen (secondary N) is 2. The summed E-state index contributed by atoms with van der Waals surface area (Å²) in [5.41, 5.74) is 2.10. The molecule has 0 aromatic heterocycles. The molecule has 2 N–H and O–H groups in total. The lowest BCUT2D eigenvalue weighted by Crippen LogP contribution is -2.45. The van der Waals surface area contributed by atoms with Crippen molar-refractivity contribution in [2.24, 2.45) is 0 Å². The van der Waals surface area contributed by atoms with Gasteiger partial charge < -0.3 is 20.3 Å². The number of ether oxygens (including phenoxy) is 1. The predicted octanol–water partition coefficient (Wildman–Crippen LogP) is 2.46. The van der Waals surface area contributed by atoms with Gasteiger partial charge in [-0.2, -0.15) is 0 Å². The second kappa shape index (κ2) is 11.7. The third-order valence-electron chi connectivity index (χ3n) is 4.38. The van der Waals surface area contributed by atoms with Crippen molar-refractivity contribution in [3.63, 3.8) is 0 Å². The average molecular weight is 396 g/mol. The molecule has 1 unspecified atom stereocenters. The summed E-state index contributed by atoms with van der Waals surface area (Å²) < 4.78 is 5.10. The van der Waals surface area contributed by atoms with Crippen molar-refractivity contribution < 1.29 is 14.3 Å². The predicted molar refractivity (Wildman–Crippen MR) is 115 cm³/mol. The molecule has 0 bridgehead atoms. The molecule has 0 saturated heterocycles. The first-order valence-corrected chi connectivity index (χ1v) is 9.60. The van der Waals surface area contributed by atoms with E-state index in [0.717, 1.165) is 24.4 Å². The maximum Gasteiger partial charge on any atom is 0.244 e. The Morgan fingerprint density at radius 3 is 2.45 bits per heavy atom. The number of hydrogen-bond donors (Lipinski definition) is 2. The van der Waals surface area contributed by atoms with Gasteiger partial charge in [-0.05, 0) is 43.3 Å². The molecule has 0 saturated carbocycles. The summed E-state index contributed by atoms with van der Waals surface area (Å²) >= 11 is 0. The molecule has 0 heterocycles. The van der Waals surface area contributed by atoms with Gasteiger partial charge in [0.25, 0.3) is 0 Å². The van der Waals surface area contributed by atoms with Crippen molar-refractivity contribution in [3.05, 3.63) is 71.8 Å². The van der Waals surface area contributed by atoms with Gasteiger partial charge >= 0.3 is 0 Å². The first-order chi connectivity index (χ1) is 14.0. The fourth-order valence-electron chi connectivity index (χ4n) is 2.71. The topological polar surface area (TPSA) is 70.7 Å². The lowest BCUT2D eigenvalue weighted by molar-refractivity contribution is -0.126. The monoisotopic (exact) mass is 395 g/mol. The number of benzene rings is 2. The Kier molecular flexibility index (Phi) is 8.92. The zero-order chi connectivity index (χ0) is 21.1. The average Bonchev–Trinajstić information content (AvgIpc) is 2.73. The fraction of sp³-hybridized carbons (Fsp3) is 0.304. The second-order valence-corrected chi connectivity index (χ2v) is 6.85. The standard InChI is InChI=1S/C23H29N3O3/c1-18(25-22(27)14-11-19-9-12-21(29-3)13-10-19)23(28)24-15-16-26(2)17-20-7-5-4-6-8-20/h4-14,18H,15-17H2,1-3H3,(H,24,28)(H,25,27)/b14-11+. The van der Waals surface area contributed by atoms with Gasteiger partial charge in [0.1, 0.15) is 11.8 Å². The van der Waals surface area contributed by atoms with E-state index in [1.54, 1.807) is 20.1 Å². The van der Waals surface area contributed by atoms with E-state index in [4.69, 9.17) is 4.74 Å².